The van der Waals surface area contributed by atoms with Gasteiger partial charge in [-0.2, -0.15) is 4.57 Å². The second kappa shape index (κ2) is 12.1. The number of aromatic nitrogens is 1. The summed E-state index contributed by atoms with van der Waals surface area (Å²) in [4.78, 5) is 0. The van der Waals surface area contributed by atoms with Crippen LogP contribution in [-0.4, -0.2) is 65.5 Å². The molecule has 9 heteroatoms. The second-order valence-electron chi connectivity index (χ2n) is 8.44. The minimum Gasteiger partial charge on any atom is -0.493 e. The van der Waals surface area contributed by atoms with Crippen molar-refractivity contribution in [3.63, 3.8) is 0 Å². The van der Waals surface area contributed by atoms with E-state index in [-0.39, 0.29) is 6.79 Å². The molecule has 0 aliphatic carbocycles. The van der Waals surface area contributed by atoms with Crippen molar-refractivity contribution in [1.29, 1.82) is 0 Å². The Labute approximate surface area is 219 Å². The highest BCUT2D eigenvalue weighted by Crippen LogP contribution is 2.41. The van der Waals surface area contributed by atoms with E-state index in [4.69, 9.17) is 33.2 Å². The third kappa shape index (κ3) is 5.54. The quantitative estimate of drug-likeness (QED) is 0.178. The lowest BCUT2D eigenvalue weighted by molar-refractivity contribution is -0.686. The maximum Gasteiger partial charge on any atom is 0.231 e. The maximum atomic E-state index is 6.17. The Balaban J connectivity index is 1.24. The number of rotatable bonds is 13. The standard InChI is InChI=1S/C27H31BrNO7/c1-30-24-3-2-19-14-23-21-16-26-25(35-18-36-26)15-20(21)4-6-29(23)17-22(19)27(24)34-13-12-33-11-10-32-9-8-31-7-5-28/h2-3,14-17H,4-13,18H2,1H3/q+1. The minimum absolute atomic E-state index is 0.278. The van der Waals surface area contributed by atoms with Crippen molar-refractivity contribution in [2.45, 2.75) is 13.0 Å². The third-order valence-electron chi connectivity index (χ3n) is 6.24. The van der Waals surface area contributed by atoms with Crippen molar-refractivity contribution in [2.75, 3.05) is 65.5 Å². The van der Waals surface area contributed by atoms with Crippen LogP contribution in [0.2, 0.25) is 0 Å². The molecule has 2 aromatic carbocycles. The number of fused-ring (bicyclic) bond motifs is 5. The molecular formula is C27H31BrNO7+. The summed E-state index contributed by atoms with van der Waals surface area (Å²) in [5.74, 6) is 3.06. The molecule has 1 aromatic heterocycles. The van der Waals surface area contributed by atoms with Gasteiger partial charge in [-0.05, 0) is 35.2 Å². The average Bonchev–Trinajstić information content (AvgIpc) is 3.37. The minimum atomic E-state index is 0.278. The van der Waals surface area contributed by atoms with Crippen LogP contribution in [0.25, 0.3) is 22.0 Å². The summed E-state index contributed by atoms with van der Waals surface area (Å²) in [7, 11) is 1.66. The van der Waals surface area contributed by atoms with Gasteiger partial charge < -0.3 is 33.2 Å². The summed E-state index contributed by atoms with van der Waals surface area (Å²) in [6.07, 6.45) is 3.08. The van der Waals surface area contributed by atoms with E-state index in [9.17, 15) is 0 Å². The van der Waals surface area contributed by atoms with Crippen molar-refractivity contribution in [2.24, 2.45) is 0 Å². The molecular weight excluding hydrogens is 530 g/mol. The zero-order valence-electron chi connectivity index (χ0n) is 20.4. The highest BCUT2D eigenvalue weighted by atomic mass is 79.9. The van der Waals surface area contributed by atoms with Gasteiger partial charge in [0.1, 0.15) is 6.61 Å². The van der Waals surface area contributed by atoms with Crippen molar-refractivity contribution < 1.29 is 37.7 Å². The molecule has 3 heterocycles. The van der Waals surface area contributed by atoms with E-state index >= 15 is 0 Å². The van der Waals surface area contributed by atoms with Gasteiger partial charge in [0.15, 0.2) is 35.7 Å². The molecule has 0 saturated heterocycles. The van der Waals surface area contributed by atoms with Crippen LogP contribution in [0.4, 0.5) is 0 Å². The first kappa shape index (κ1) is 25.1. The number of alkyl halides is 1. The summed E-state index contributed by atoms with van der Waals surface area (Å²) in [6, 6.07) is 10.4. The zero-order valence-corrected chi connectivity index (χ0v) is 22.0. The summed E-state index contributed by atoms with van der Waals surface area (Å²) >= 11 is 3.32. The molecule has 0 unspecified atom stereocenters. The van der Waals surface area contributed by atoms with Crippen LogP contribution in [0.1, 0.15) is 5.56 Å². The summed E-state index contributed by atoms with van der Waals surface area (Å²) in [5, 5.41) is 2.92. The molecule has 0 fully saturated rings. The summed E-state index contributed by atoms with van der Waals surface area (Å²) in [5.41, 5.74) is 3.60. The predicted molar refractivity (Wildman–Crippen MR) is 138 cm³/mol. The summed E-state index contributed by atoms with van der Waals surface area (Å²) in [6.45, 7) is 4.91. The highest BCUT2D eigenvalue weighted by Gasteiger charge is 2.28. The Kier molecular flexibility index (Phi) is 8.43. The van der Waals surface area contributed by atoms with Gasteiger partial charge in [0, 0.05) is 17.8 Å². The fourth-order valence-electron chi connectivity index (χ4n) is 4.51. The van der Waals surface area contributed by atoms with E-state index in [1.807, 2.05) is 6.07 Å². The number of ether oxygens (including phenoxy) is 7. The van der Waals surface area contributed by atoms with Crippen LogP contribution >= 0.6 is 15.9 Å². The summed E-state index contributed by atoms with van der Waals surface area (Å²) < 4.78 is 41.8. The van der Waals surface area contributed by atoms with Gasteiger partial charge in [-0.1, -0.05) is 15.9 Å². The lowest BCUT2D eigenvalue weighted by Gasteiger charge is -2.18. The van der Waals surface area contributed by atoms with Crippen LogP contribution in [0.15, 0.2) is 36.5 Å². The fourth-order valence-corrected chi connectivity index (χ4v) is 4.73. The molecule has 192 valence electrons. The molecule has 0 saturated carbocycles. The molecule has 3 aromatic rings. The molecule has 36 heavy (non-hydrogen) atoms. The first-order chi connectivity index (χ1) is 17.8. The number of benzene rings is 2. The second-order valence-corrected chi connectivity index (χ2v) is 9.23. The number of aryl methyl sites for hydroxylation is 2. The Hall–Kier alpha value is -2.59. The largest absolute Gasteiger partial charge is 0.493 e. The molecule has 8 nitrogen and oxygen atoms in total. The maximum absolute atomic E-state index is 6.17. The van der Waals surface area contributed by atoms with Crippen LogP contribution < -0.4 is 23.5 Å². The Morgan fingerprint density at radius 1 is 0.889 bits per heavy atom. The van der Waals surface area contributed by atoms with E-state index in [0.29, 0.717) is 52.0 Å². The number of hydrogen-bond acceptors (Lipinski definition) is 7. The van der Waals surface area contributed by atoms with E-state index in [1.165, 1.54) is 11.1 Å². The first-order valence-corrected chi connectivity index (χ1v) is 13.3. The first-order valence-electron chi connectivity index (χ1n) is 12.2. The van der Waals surface area contributed by atoms with E-state index in [1.54, 1.807) is 7.11 Å². The monoisotopic (exact) mass is 560 g/mol. The molecule has 0 amide bonds. The van der Waals surface area contributed by atoms with Gasteiger partial charge in [0.05, 0.1) is 57.7 Å². The van der Waals surface area contributed by atoms with E-state index in [0.717, 1.165) is 52.0 Å². The predicted octanol–water partition coefficient (Wildman–Crippen LogP) is 3.91. The van der Waals surface area contributed by atoms with E-state index in [2.05, 4.69) is 51.0 Å². The molecule has 0 radical (unpaired) electrons. The van der Waals surface area contributed by atoms with Gasteiger partial charge >= 0.3 is 0 Å². The molecule has 2 aliphatic heterocycles. The normalized spacial score (nSPS) is 13.5. The number of halogens is 1. The van der Waals surface area contributed by atoms with Gasteiger partial charge in [-0.15, -0.1) is 0 Å². The topological polar surface area (TPSA) is 68.5 Å². The molecule has 0 spiro atoms. The molecule has 2 aliphatic rings. The Morgan fingerprint density at radius 2 is 1.61 bits per heavy atom. The van der Waals surface area contributed by atoms with Crippen molar-refractivity contribution in [3.8, 4) is 34.3 Å². The number of methoxy groups -OCH3 is 1. The molecule has 0 N–H and O–H groups in total. The van der Waals surface area contributed by atoms with Gasteiger partial charge in [-0.25, -0.2) is 0 Å². The SMILES string of the molecule is COc1ccc2cc3[n+](cc2c1OCCOCCOCCOCCBr)CCc1cc2c(cc1-3)OCO2. The highest BCUT2D eigenvalue weighted by molar-refractivity contribution is 9.09. The molecule has 0 bridgehead atoms. The van der Waals surface area contributed by atoms with Gasteiger partial charge in [-0.3, -0.25) is 0 Å². The van der Waals surface area contributed by atoms with Crippen LogP contribution in [0, 0.1) is 0 Å². The Morgan fingerprint density at radius 3 is 2.36 bits per heavy atom. The van der Waals surface area contributed by atoms with Gasteiger partial charge in [0.25, 0.3) is 0 Å². The fraction of sp³-hybridized carbons (Fsp3) is 0.444. The zero-order chi connectivity index (χ0) is 24.7. The third-order valence-corrected chi connectivity index (χ3v) is 6.56. The van der Waals surface area contributed by atoms with Crippen LogP contribution in [0.5, 0.6) is 23.0 Å². The molecule has 0 atom stereocenters. The lowest BCUT2D eigenvalue weighted by Crippen LogP contribution is -2.40. The van der Waals surface area contributed by atoms with Gasteiger partial charge in [0.2, 0.25) is 12.5 Å². The number of nitrogens with zero attached hydrogens (tertiary/aromatic N) is 1. The molecule has 5 rings (SSSR count). The smallest absolute Gasteiger partial charge is 0.231 e. The van der Waals surface area contributed by atoms with Crippen molar-refractivity contribution in [1.82, 2.24) is 0 Å². The number of hydrogen-bond donors (Lipinski definition) is 0. The number of pyridine rings is 1. The van der Waals surface area contributed by atoms with E-state index < -0.39 is 0 Å². The lowest BCUT2D eigenvalue weighted by atomic mass is 9.95. The van der Waals surface area contributed by atoms with Crippen molar-refractivity contribution in [3.05, 3.63) is 42.1 Å². The van der Waals surface area contributed by atoms with Crippen molar-refractivity contribution >= 4 is 26.7 Å². The Bertz CT molecular complexity index is 1200. The average molecular weight is 561 g/mol. The van der Waals surface area contributed by atoms with Crippen LogP contribution in [0.3, 0.4) is 0 Å². The van der Waals surface area contributed by atoms with Crippen LogP contribution in [-0.2, 0) is 27.2 Å².